The van der Waals surface area contributed by atoms with Gasteiger partial charge in [-0.15, -0.1) is 0 Å². The molecule has 2 rings (SSSR count). The first-order valence-electron chi connectivity index (χ1n) is 5.47. The van der Waals surface area contributed by atoms with Gasteiger partial charge in [-0.3, -0.25) is 4.79 Å². The van der Waals surface area contributed by atoms with Crippen LogP contribution in [0.4, 0.5) is 10.1 Å². The molecular formula is C12H15FN2O. The third-order valence-corrected chi connectivity index (χ3v) is 2.77. The highest BCUT2D eigenvalue weighted by molar-refractivity contribution is 5.88. The fourth-order valence-electron chi connectivity index (χ4n) is 2.01. The van der Waals surface area contributed by atoms with Crippen LogP contribution < -0.4 is 10.6 Å². The van der Waals surface area contributed by atoms with E-state index in [0.29, 0.717) is 0 Å². The van der Waals surface area contributed by atoms with Crippen LogP contribution in [-0.4, -0.2) is 12.5 Å². The number of anilines is 1. The third kappa shape index (κ3) is 2.39. The molecule has 1 aromatic carbocycles. The fraction of sp³-hybridized carbons (Fsp3) is 0.417. The predicted molar refractivity (Wildman–Crippen MR) is 60.7 cm³/mol. The molecule has 2 N–H and O–H groups in total. The highest BCUT2D eigenvalue weighted by atomic mass is 19.1. The number of halogens is 1. The average Bonchev–Trinajstić information content (AvgIpc) is 2.73. The normalized spacial score (nSPS) is 19.8. The molecule has 0 aromatic heterocycles. The van der Waals surface area contributed by atoms with Gasteiger partial charge in [0.15, 0.2) is 0 Å². The predicted octanol–water partition coefficient (Wildman–Crippen LogP) is 2.21. The van der Waals surface area contributed by atoms with Crippen LogP contribution in [-0.2, 0) is 4.79 Å². The van der Waals surface area contributed by atoms with E-state index in [2.05, 4.69) is 10.6 Å². The summed E-state index contributed by atoms with van der Waals surface area (Å²) in [7, 11) is 0. The van der Waals surface area contributed by atoms with Crippen molar-refractivity contribution in [3.63, 3.8) is 0 Å². The van der Waals surface area contributed by atoms with Crippen LogP contribution >= 0.6 is 0 Å². The summed E-state index contributed by atoms with van der Waals surface area (Å²) in [4.78, 5) is 10.8. The molecular weight excluding hydrogens is 207 g/mol. The Morgan fingerprint density at radius 2 is 2.38 bits per heavy atom. The van der Waals surface area contributed by atoms with Crippen molar-refractivity contribution in [3.8, 4) is 0 Å². The Kier molecular flexibility index (Phi) is 3.19. The average molecular weight is 222 g/mol. The van der Waals surface area contributed by atoms with Crippen molar-refractivity contribution in [2.45, 2.75) is 25.8 Å². The summed E-state index contributed by atoms with van der Waals surface area (Å²) in [5.41, 5.74) is 1.19. The van der Waals surface area contributed by atoms with Crippen LogP contribution in [0.15, 0.2) is 18.2 Å². The van der Waals surface area contributed by atoms with Gasteiger partial charge in [-0.25, -0.2) is 4.39 Å². The second-order valence-electron chi connectivity index (χ2n) is 4.07. The molecule has 1 atom stereocenters. The van der Waals surface area contributed by atoms with Crippen LogP contribution in [0, 0.1) is 5.82 Å². The molecule has 1 amide bonds. The van der Waals surface area contributed by atoms with Crippen molar-refractivity contribution in [1.29, 1.82) is 0 Å². The van der Waals surface area contributed by atoms with Gasteiger partial charge in [-0.05, 0) is 37.1 Å². The standard InChI is InChI=1S/C12H15FN2O/c1-8(16)15-12-5-4-9(7-10(12)13)11-3-2-6-14-11/h4-5,7,11,14H,2-3,6H2,1H3,(H,15,16)/t11-/m1/s1. The summed E-state index contributed by atoms with van der Waals surface area (Å²) < 4.78 is 13.6. The Hall–Kier alpha value is -1.42. The maximum Gasteiger partial charge on any atom is 0.221 e. The zero-order valence-electron chi connectivity index (χ0n) is 9.22. The molecule has 3 nitrogen and oxygen atoms in total. The summed E-state index contributed by atoms with van der Waals surface area (Å²) >= 11 is 0. The monoisotopic (exact) mass is 222 g/mol. The minimum atomic E-state index is -0.374. The second kappa shape index (κ2) is 4.61. The van der Waals surface area contributed by atoms with Crippen LogP contribution in [0.1, 0.15) is 31.4 Å². The fourth-order valence-corrected chi connectivity index (χ4v) is 2.01. The van der Waals surface area contributed by atoms with Gasteiger partial charge in [-0.2, -0.15) is 0 Å². The Balaban J connectivity index is 2.18. The smallest absolute Gasteiger partial charge is 0.221 e. The number of hydrogen-bond acceptors (Lipinski definition) is 2. The Labute approximate surface area is 94.0 Å². The molecule has 0 radical (unpaired) electrons. The first kappa shape index (κ1) is 11.1. The van der Waals surface area contributed by atoms with Crippen molar-refractivity contribution in [1.82, 2.24) is 5.32 Å². The van der Waals surface area contributed by atoms with Crippen LogP contribution in [0.3, 0.4) is 0 Å². The van der Waals surface area contributed by atoms with Gasteiger partial charge >= 0.3 is 0 Å². The van der Waals surface area contributed by atoms with E-state index in [1.54, 1.807) is 6.07 Å². The zero-order valence-corrected chi connectivity index (χ0v) is 9.22. The SMILES string of the molecule is CC(=O)Nc1ccc([C@H]2CCCN2)cc1F. The molecule has 1 aliphatic heterocycles. The molecule has 1 aliphatic rings. The lowest BCUT2D eigenvalue weighted by molar-refractivity contribution is -0.114. The number of hydrogen-bond donors (Lipinski definition) is 2. The van der Waals surface area contributed by atoms with Crippen molar-refractivity contribution in [2.75, 3.05) is 11.9 Å². The maximum absolute atomic E-state index is 13.6. The molecule has 1 heterocycles. The number of carbonyl (C=O) groups excluding carboxylic acids is 1. The van der Waals surface area contributed by atoms with Crippen LogP contribution in [0.2, 0.25) is 0 Å². The Morgan fingerprint density at radius 1 is 1.56 bits per heavy atom. The summed E-state index contributed by atoms with van der Waals surface area (Å²) in [6.07, 6.45) is 2.17. The first-order chi connectivity index (χ1) is 7.66. The second-order valence-corrected chi connectivity index (χ2v) is 4.07. The van der Waals surface area contributed by atoms with E-state index in [9.17, 15) is 9.18 Å². The molecule has 0 aliphatic carbocycles. The highest BCUT2D eigenvalue weighted by Gasteiger charge is 2.17. The van der Waals surface area contributed by atoms with E-state index in [-0.39, 0.29) is 23.5 Å². The van der Waals surface area contributed by atoms with E-state index in [1.165, 1.54) is 13.0 Å². The number of rotatable bonds is 2. The van der Waals surface area contributed by atoms with Crippen molar-refractivity contribution in [3.05, 3.63) is 29.6 Å². The van der Waals surface area contributed by atoms with Gasteiger partial charge in [0.1, 0.15) is 5.82 Å². The first-order valence-corrected chi connectivity index (χ1v) is 5.47. The largest absolute Gasteiger partial charge is 0.324 e. The molecule has 1 fully saturated rings. The van der Waals surface area contributed by atoms with Gasteiger partial charge in [0.05, 0.1) is 5.69 Å². The summed E-state index contributed by atoms with van der Waals surface area (Å²) in [5, 5.41) is 5.76. The lowest BCUT2D eigenvalue weighted by Gasteiger charge is -2.12. The number of benzene rings is 1. The summed E-state index contributed by atoms with van der Waals surface area (Å²) in [6, 6.07) is 5.22. The zero-order chi connectivity index (χ0) is 11.5. The van der Waals surface area contributed by atoms with Gasteiger partial charge in [0.2, 0.25) is 5.91 Å². The Bertz CT molecular complexity index is 400. The molecule has 0 spiro atoms. The Morgan fingerprint density at radius 3 is 2.94 bits per heavy atom. The minimum Gasteiger partial charge on any atom is -0.324 e. The van der Waals surface area contributed by atoms with Crippen LogP contribution in [0.25, 0.3) is 0 Å². The van der Waals surface area contributed by atoms with E-state index in [0.717, 1.165) is 24.9 Å². The molecule has 86 valence electrons. The van der Waals surface area contributed by atoms with E-state index < -0.39 is 0 Å². The van der Waals surface area contributed by atoms with Gasteiger partial charge in [-0.1, -0.05) is 6.07 Å². The van der Waals surface area contributed by atoms with Crippen molar-refractivity contribution < 1.29 is 9.18 Å². The number of nitrogens with one attached hydrogen (secondary N) is 2. The molecule has 1 saturated heterocycles. The highest BCUT2D eigenvalue weighted by Crippen LogP contribution is 2.26. The van der Waals surface area contributed by atoms with Gasteiger partial charge in [0.25, 0.3) is 0 Å². The molecule has 0 saturated carbocycles. The molecule has 4 heteroatoms. The van der Waals surface area contributed by atoms with Gasteiger partial charge in [0, 0.05) is 13.0 Å². The van der Waals surface area contributed by atoms with Crippen LogP contribution in [0.5, 0.6) is 0 Å². The number of carbonyl (C=O) groups is 1. The molecule has 16 heavy (non-hydrogen) atoms. The molecule has 0 unspecified atom stereocenters. The molecule has 1 aromatic rings. The van der Waals surface area contributed by atoms with Crippen molar-refractivity contribution >= 4 is 11.6 Å². The number of amides is 1. The lowest BCUT2D eigenvalue weighted by atomic mass is 10.0. The maximum atomic E-state index is 13.6. The van der Waals surface area contributed by atoms with E-state index in [4.69, 9.17) is 0 Å². The van der Waals surface area contributed by atoms with E-state index in [1.807, 2.05) is 6.07 Å². The topological polar surface area (TPSA) is 41.1 Å². The summed E-state index contributed by atoms with van der Waals surface area (Å²) in [5.74, 6) is -0.632. The summed E-state index contributed by atoms with van der Waals surface area (Å²) in [6.45, 7) is 2.35. The lowest BCUT2D eigenvalue weighted by Crippen LogP contribution is -2.13. The molecule has 0 bridgehead atoms. The third-order valence-electron chi connectivity index (χ3n) is 2.77. The quantitative estimate of drug-likeness (QED) is 0.805. The van der Waals surface area contributed by atoms with Gasteiger partial charge < -0.3 is 10.6 Å². The minimum absolute atomic E-state index is 0.245. The van der Waals surface area contributed by atoms with Crippen molar-refractivity contribution in [2.24, 2.45) is 0 Å². The van der Waals surface area contributed by atoms with E-state index >= 15 is 0 Å².